The van der Waals surface area contributed by atoms with Gasteiger partial charge in [-0.15, -0.1) is 0 Å². The maximum atomic E-state index is 13.2. The van der Waals surface area contributed by atoms with E-state index < -0.39 is 23.1 Å². The second kappa shape index (κ2) is 3.74. The monoisotopic (exact) mass is 217 g/mol. The van der Waals surface area contributed by atoms with Crippen LogP contribution in [0.5, 0.6) is 0 Å². The van der Waals surface area contributed by atoms with Gasteiger partial charge < -0.3 is 4.43 Å². The zero-order chi connectivity index (χ0) is 10.9. The molecule has 0 heterocycles. The van der Waals surface area contributed by atoms with Crippen molar-refractivity contribution >= 4 is 10.5 Å². The first-order chi connectivity index (χ1) is 6.38. The molecule has 0 bridgehead atoms. The van der Waals surface area contributed by atoms with Crippen LogP contribution in [-0.4, -0.2) is 10.5 Å². The zero-order valence-electron chi connectivity index (χ0n) is 7.70. The Labute approximate surface area is 83.4 Å². The number of rotatable bonds is 2. The van der Waals surface area contributed by atoms with Gasteiger partial charge in [-0.05, 0) is 19.9 Å². The van der Waals surface area contributed by atoms with Gasteiger partial charge in [0.25, 0.3) is 0 Å². The van der Waals surface area contributed by atoms with E-state index in [-0.39, 0.29) is 5.56 Å². The third kappa shape index (κ3) is 1.98. The van der Waals surface area contributed by atoms with E-state index in [1.165, 1.54) is 13.8 Å². The first-order valence-electron chi connectivity index (χ1n) is 3.88. The molecule has 0 N–H and O–H groups in total. The van der Waals surface area contributed by atoms with Crippen LogP contribution < -0.4 is 0 Å². The second-order valence-corrected chi connectivity index (χ2v) is 3.56. The van der Waals surface area contributed by atoms with E-state index in [2.05, 4.69) is 10.5 Å². The van der Waals surface area contributed by atoms with Crippen molar-refractivity contribution < 1.29 is 17.6 Å². The Morgan fingerprint density at radius 2 is 1.57 bits per heavy atom. The average Bonchev–Trinajstić information content (AvgIpc) is 2.11. The van der Waals surface area contributed by atoms with E-state index in [1.54, 1.807) is 0 Å². The van der Waals surface area contributed by atoms with Gasteiger partial charge in [-0.25, -0.2) is 13.2 Å². The molecule has 1 nitrogen and oxygen atoms in total. The van der Waals surface area contributed by atoms with E-state index in [0.717, 1.165) is 6.07 Å². The lowest BCUT2D eigenvalue weighted by Crippen LogP contribution is -2.22. The lowest BCUT2D eigenvalue weighted by Gasteiger charge is -2.24. The highest BCUT2D eigenvalue weighted by Gasteiger charge is 2.25. The summed E-state index contributed by atoms with van der Waals surface area (Å²) in [5.74, 6) is -3.15. The molecule has 0 spiro atoms. The van der Waals surface area contributed by atoms with Gasteiger partial charge in [0.05, 0.1) is 5.60 Å². The van der Waals surface area contributed by atoms with Crippen LogP contribution in [0.15, 0.2) is 12.1 Å². The molecule has 3 radical (unpaired) electrons. The van der Waals surface area contributed by atoms with Gasteiger partial charge in [0.1, 0.15) is 5.82 Å². The van der Waals surface area contributed by atoms with Crippen LogP contribution in [0.2, 0.25) is 0 Å². The smallest absolute Gasteiger partial charge is 0.247 e. The Morgan fingerprint density at radius 3 is 2.07 bits per heavy atom. The highest BCUT2D eigenvalue weighted by molar-refractivity contribution is 5.98. The molecule has 1 aromatic carbocycles. The van der Waals surface area contributed by atoms with E-state index in [1.807, 2.05) is 0 Å². The minimum absolute atomic E-state index is 0.0496. The first-order valence-corrected chi connectivity index (χ1v) is 4.29. The average molecular weight is 217 g/mol. The van der Waals surface area contributed by atoms with Crippen LogP contribution in [0.4, 0.5) is 13.2 Å². The molecule has 5 heteroatoms. The summed E-state index contributed by atoms with van der Waals surface area (Å²) in [6.45, 7) is 3.05. The summed E-state index contributed by atoms with van der Waals surface area (Å²) >= 11 is 0. The van der Waals surface area contributed by atoms with Crippen molar-refractivity contribution in [2.24, 2.45) is 0 Å². The highest BCUT2D eigenvalue weighted by Crippen LogP contribution is 2.27. The summed E-state index contributed by atoms with van der Waals surface area (Å²) in [5.41, 5.74) is -1.11. The molecule has 0 aromatic heterocycles. The first kappa shape index (κ1) is 11.3. The Bertz CT molecular complexity index is 352. The van der Waals surface area contributed by atoms with Crippen molar-refractivity contribution in [1.82, 2.24) is 0 Å². The third-order valence-corrected chi connectivity index (χ3v) is 2.42. The van der Waals surface area contributed by atoms with Gasteiger partial charge >= 0.3 is 0 Å². The normalized spacial score (nSPS) is 11.9. The van der Waals surface area contributed by atoms with E-state index >= 15 is 0 Å². The molecule has 14 heavy (non-hydrogen) atoms. The summed E-state index contributed by atoms with van der Waals surface area (Å²) < 4.78 is 43.4. The fraction of sp³-hybridized carbons (Fsp3) is 0.333. The summed E-state index contributed by atoms with van der Waals surface area (Å²) in [4.78, 5) is 0. The van der Waals surface area contributed by atoms with Crippen molar-refractivity contribution in [3.8, 4) is 0 Å². The van der Waals surface area contributed by atoms with E-state index in [9.17, 15) is 13.2 Å². The molecule has 0 atom stereocenters. The predicted octanol–water partition coefficient (Wildman–Crippen LogP) is 2.44. The molecule has 0 saturated carbocycles. The van der Waals surface area contributed by atoms with Crippen LogP contribution >= 0.6 is 0 Å². The van der Waals surface area contributed by atoms with Crippen LogP contribution in [-0.2, 0) is 10.0 Å². The van der Waals surface area contributed by atoms with Gasteiger partial charge in [-0.2, -0.15) is 0 Å². The molecule has 75 valence electrons. The largest absolute Gasteiger partial charge is 0.410 e. The number of halogens is 3. The van der Waals surface area contributed by atoms with Gasteiger partial charge in [0.2, 0.25) is 10.5 Å². The van der Waals surface area contributed by atoms with Crippen molar-refractivity contribution in [3.05, 3.63) is 35.1 Å². The molecule has 0 aliphatic rings. The fourth-order valence-corrected chi connectivity index (χ4v) is 1.15. The second-order valence-electron chi connectivity index (χ2n) is 3.36. The van der Waals surface area contributed by atoms with Crippen LogP contribution in [0.25, 0.3) is 0 Å². The van der Waals surface area contributed by atoms with Crippen molar-refractivity contribution in [2.75, 3.05) is 0 Å². The Morgan fingerprint density at radius 1 is 1.07 bits per heavy atom. The fourth-order valence-electron chi connectivity index (χ4n) is 1.04. The molecule has 1 aromatic rings. The predicted molar refractivity (Wildman–Crippen MR) is 46.2 cm³/mol. The van der Waals surface area contributed by atoms with Gasteiger partial charge in [0.15, 0.2) is 11.6 Å². The standard InChI is InChI=1S/C9H8F3OSi/c1-9(2,13-14)5-3-7(11)8(12)4-6(5)10/h3-4H,1-2H3. The van der Waals surface area contributed by atoms with Crippen molar-refractivity contribution in [1.29, 1.82) is 0 Å². The number of hydrogen-bond donors (Lipinski definition) is 0. The maximum absolute atomic E-state index is 13.2. The quantitative estimate of drug-likeness (QED) is 0.546. The van der Waals surface area contributed by atoms with Gasteiger partial charge in [-0.3, -0.25) is 0 Å². The Hall–Kier alpha value is -0.813. The molecule has 0 aliphatic heterocycles. The molecule has 0 saturated heterocycles. The summed E-state index contributed by atoms with van der Waals surface area (Å²) in [6, 6.07) is 1.28. The lowest BCUT2D eigenvalue weighted by atomic mass is 9.98. The molecule has 0 fully saturated rings. The van der Waals surface area contributed by atoms with Crippen LogP contribution in [0.1, 0.15) is 19.4 Å². The SMILES string of the molecule is CC(C)(O[Si])c1cc(F)c(F)cc1F. The molecule has 1 rings (SSSR count). The van der Waals surface area contributed by atoms with E-state index in [4.69, 9.17) is 4.43 Å². The van der Waals surface area contributed by atoms with Gasteiger partial charge in [-0.1, -0.05) is 0 Å². The molecular weight excluding hydrogens is 209 g/mol. The molecule has 0 amide bonds. The maximum Gasteiger partial charge on any atom is 0.247 e. The Kier molecular flexibility index (Phi) is 3.01. The molecule has 0 aliphatic carbocycles. The van der Waals surface area contributed by atoms with Crippen molar-refractivity contribution in [3.63, 3.8) is 0 Å². The summed E-state index contributed by atoms with van der Waals surface area (Å²) in [6.07, 6.45) is 0. The lowest BCUT2D eigenvalue weighted by molar-refractivity contribution is 0.118. The molecular formula is C9H8F3OSi. The van der Waals surface area contributed by atoms with Crippen LogP contribution in [0.3, 0.4) is 0 Å². The van der Waals surface area contributed by atoms with Crippen LogP contribution in [0, 0.1) is 17.5 Å². The number of hydrogen-bond acceptors (Lipinski definition) is 1. The minimum Gasteiger partial charge on any atom is -0.410 e. The van der Waals surface area contributed by atoms with Crippen molar-refractivity contribution in [2.45, 2.75) is 19.4 Å². The van der Waals surface area contributed by atoms with Gasteiger partial charge in [0, 0.05) is 11.6 Å². The Balaban J connectivity index is 3.29. The zero-order valence-corrected chi connectivity index (χ0v) is 8.70. The molecule has 0 unspecified atom stereocenters. The summed E-state index contributed by atoms with van der Waals surface area (Å²) in [5, 5.41) is 0. The minimum atomic E-state index is -1.21. The van der Waals surface area contributed by atoms with E-state index in [0.29, 0.717) is 6.07 Å². The summed E-state index contributed by atoms with van der Waals surface area (Å²) in [7, 11) is 2.75. The third-order valence-electron chi connectivity index (χ3n) is 1.91. The topological polar surface area (TPSA) is 9.23 Å². The number of benzene rings is 1. The highest BCUT2D eigenvalue weighted by atomic mass is 28.2.